The van der Waals surface area contributed by atoms with Crippen LogP contribution in [0.5, 0.6) is 11.6 Å². The molecule has 5 nitrogen and oxygen atoms in total. The molecule has 0 aliphatic heterocycles. The fourth-order valence-electron chi connectivity index (χ4n) is 1.54. The van der Waals surface area contributed by atoms with Crippen LogP contribution in [0.4, 0.5) is 0 Å². The summed E-state index contributed by atoms with van der Waals surface area (Å²) < 4.78 is 5.45. The molecule has 0 saturated heterocycles. The van der Waals surface area contributed by atoms with E-state index in [1.54, 1.807) is 30.3 Å². The molecule has 5 heteroatoms. The number of ether oxygens (including phenoxy) is 1. The van der Waals surface area contributed by atoms with Crippen molar-refractivity contribution in [3.05, 3.63) is 53.2 Å². The maximum absolute atomic E-state index is 11.1. The molecule has 2 rings (SSSR count). The number of carboxylic acids is 1. The number of pyridine rings is 1. The van der Waals surface area contributed by atoms with Crippen molar-refractivity contribution in [3.8, 4) is 17.7 Å². The van der Waals surface area contributed by atoms with Gasteiger partial charge in [-0.15, -0.1) is 0 Å². The van der Waals surface area contributed by atoms with Crippen LogP contribution < -0.4 is 4.74 Å². The maximum Gasteiger partial charge on any atom is 0.339 e. The van der Waals surface area contributed by atoms with E-state index in [-0.39, 0.29) is 22.9 Å². The zero-order valence-electron chi connectivity index (χ0n) is 10.1. The van der Waals surface area contributed by atoms with Gasteiger partial charge in [0.25, 0.3) is 0 Å². The SMILES string of the molecule is Cc1ccc(C(=O)O)c(Oc2cccc(C#N)n2)c1. The molecule has 0 atom stereocenters. The van der Waals surface area contributed by atoms with Gasteiger partial charge in [-0.2, -0.15) is 5.26 Å². The van der Waals surface area contributed by atoms with Crippen molar-refractivity contribution in [2.45, 2.75) is 6.92 Å². The van der Waals surface area contributed by atoms with E-state index in [4.69, 9.17) is 15.1 Å². The highest BCUT2D eigenvalue weighted by Gasteiger charge is 2.12. The molecular weight excluding hydrogens is 244 g/mol. The quantitative estimate of drug-likeness (QED) is 0.910. The standard InChI is InChI=1S/C14H10N2O3/c1-9-5-6-11(14(17)18)12(7-9)19-13-4-2-3-10(8-15)16-13/h2-7H,1H3,(H,17,18). The molecule has 19 heavy (non-hydrogen) atoms. The fraction of sp³-hybridized carbons (Fsp3) is 0.0714. The fourth-order valence-corrected chi connectivity index (χ4v) is 1.54. The Balaban J connectivity index is 2.40. The summed E-state index contributed by atoms with van der Waals surface area (Å²) in [5.41, 5.74) is 1.13. The maximum atomic E-state index is 11.1. The van der Waals surface area contributed by atoms with Gasteiger partial charge in [-0.1, -0.05) is 12.1 Å². The van der Waals surface area contributed by atoms with Crippen LogP contribution in [0.3, 0.4) is 0 Å². The zero-order valence-corrected chi connectivity index (χ0v) is 10.1. The Morgan fingerprint density at radius 3 is 2.84 bits per heavy atom. The molecule has 1 heterocycles. The van der Waals surface area contributed by atoms with E-state index >= 15 is 0 Å². The molecule has 0 fully saturated rings. The monoisotopic (exact) mass is 254 g/mol. The molecule has 1 N–H and O–H groups in total. The number of hydrogen-bond acceptors (Lipinski definition) is 4. The third kappa shape index (κ3) is 2.87. The first kappa shape index (κ1) is 12.6. The number of benzene rings is 1. The van der Waals surface area contributed by atoms with Crippen LogP contribution in [0, 0.1) is 18.3 Å². The second kappa shape index (κ2) is 5.19. The van der Waals surface area contributed by atoms with Crippen LogP contribution in [0.2, 0.25) is 0 Å². The van der Waals surface area contributed by atoms with E-state index in [0.29, 0.717) is 0 Å². The molecule has 0 spiro atoms. The number of aromatic carboxylic acids is 1. The second-order valence-corrected chi connectivity index (χ2v) is 3.88. The Kier molecular flexibility index (Phi) is 3.44. The molecule has 0 bridgehead atoms. The Morgan fingerprint density at radius 2 is 2.16 bits per heavy atom. The second-order valence-electron chi connectivity index (χ2n) is 3.88. The minimum atomic E-state index is -1.08. The number of carbonyl (C=O) groups is 1. The molecule has 1 aromatic heterocycles. The molecule has 0 amide bonds. The first-order valence-corrected chi connectivity index (χ1v) is 5.49. The number of hydrogen-bond donors (Lipinski definition) is 1. The summed E-state index contributed by atoms with van der Waals surface area (Å²) in [6.45, 7) is 1.83. The van der Waals surface area contributed by atoms with Gasteiger partial charge in [-0.05, 0) is 30.7 Å². The van der Waals surface area contributed by atoms with E-state index < -0.39 is 5.97 Å². The van der Waals surface area contributed by atoms with E-state index in [9.17, 15) is 4.79 Å². The van der Waals surface area contributed by atoms with Crippen LogP contribution in [-0.4, -0.2) is 16.1 Å². The molecule has 0 saturated carbocycles. The molecule has 2 aromatic rings. The smallest absolute Gasteiger partial charge is 0.339 e. The lowest BCUT2D eigenvalue weighted by atomic mass is 10.1. The summed E-state index contributed by atoms with van der Waals surface area (Å²) in [5.74, 6) is -0.686. The van der Waals surface area contributed by atoms with Crippen molar-refractivity contribution < 1.29 is 14.6 Å². The normalized spacial score (nSPS) is 9.68. The van der Waals surface area contributed by atoms with E-state index in [0.717, 1.165) is 5.56 Å². The Bertz CT molecular complexity index is 675. The average molecular weight is 254 g/mol. The van der Waals surface area contributed by atoms with Gasteiger partial charge in [0.2, 0.25) is 5.88 Å². The van der Waals surface area contributed by atoms with Crippen LogP contribution >= 0.6 is 0 Å². The number of aryl methyl sites for hydroxylation is 1. The summed E-state index contributed by atoms with van der Waals surface area (Å²) in [4.78, 5) is 15.0. The predicted molar refractivity (Wildman–Crippen MR) is 67.2 cm³/mol. The van der Waals surface area contributed by atoms with Gasteiger partial charge in [-0.25, -0.2) is 9.78 Å². The number of carboxylic acid groups (broad SMARTS) is 1. The highest BCUT2D eigenvalue weighted by molar-refractivity contribution is 5.91. The van der Waals surface area contributed by atoms with Crippen molar-refractivity contribution >= 4 is 5.97 Å². The molecule has 94 valence electrons. The first-order valence-electron chi connectivity index (χ1n) is 5.49. The topological polar surface area (TPSA) is 83.2 Å². The number of aromatic nitrogens is 1. The third-order valence-corrected chi connectivity index (χ3v) is 2.42. The predicted octanol–water partition coefficient (Wildman–Crippen LogP) is 2.75. The molecule has 1 aromatic carbocycles. The lowest BCUT2D eigenvalue weighted by Gasteiger charge is -2.08. The van der Waals surface area contributed by atoms with Crippen molar-refractivity contribution in [3.63, 3.8) is 0 Å². The van der Waals surface area contributed by atoms with E-state index in [2.05, 4.69) is 4.98 Å². The largest absolute Gasteiger partial charge is 0.478 e. The van der Waals surface area contributed by atoms with Crippen molar-refractivity contribution in [1.82, 2.24) is 4.98 Å². The molecule has 0 aliphatic rings. The van der Waals surface area contributed by atoms with E-state index in [1.807, 2.05) is 13.0 Å². The Labute approximate surface area is 109 Å². The highest BCUT2D eigenvalue weighted by Crippen LogP contribution is 2.25. The van der Waals surface area contributed by atoms with Gasteiger partial charge >= 0.3 is 5.97 Å². The van der Waals surface area contributed by atoms with Crippen molar-refractivity contribution in [2.24, 2.45) is 0 Å². The van der Waals surface area contributed by atoms with Crippen LogP contribution in [0.25, 0.3) is 0 Å². The number of rotatable bonds is 3. The summed E-state index contributed by atoms with van der Waals surface area (Å²) in [7, 11) is 0. The summed E-state index contributed by atoms with van der Waals surface area (Å²) in [5, 5.41) is 17.8. The minimum Gasteiger partial charge on any atom is -0.478 e. The molecule has 0 unspecified atom stereocenters. The lowest BCUT2D eigenvalue weighted by Crippen LogP contribution is -2.01. The average Bonchev–Trinajstić information content (AvgIpc) is 2.38. The summed E-state index contributed by atoms with van der Waals surface area (Å²) in [6, 6.07) is 11.4. The summed E-state index contributed by atoms with van der Waals surface area (Å²) in [6.07, 6.45) is 0. The van der Waals surface area contributed by atoms with Gasteiger partial charge in [0.05, 0.1) is 0 Å². The van der Waals surface area contributed by atoms with Gasteiger partial charge < -0.3 is 9.84 Å². The first-order chi connectivity index (χ1) is 9.10. The van der Waals surface area contributed by atoms with Crippen LogP contribution in [-0.2, 0) is 0 Å². The zero-order chi connectivity index (χ0) is 13.8. The summed E-state index contributed by atoms with van der Waals surface area (Å²) >= 11 is 0. The van der Waals surface area contributed by atoms with Crippen molar-refractivity contribution in [2.75, 3.05) is 0 Å². The van der Waals surface area contributed by atoms with E-state index in [1.165, 1.54) is 6.07 Å². The third-order valence-electron chi connectivity index (χ3n) is 2.42. The van der Waals surface area contributed by atoms with Crippen LogP contribution in [0.15, 0.2) is 36.4 Å². The Morgan fingerprint density at radius 1 is 1.37 bits per heavy atom. The van der Waals surface area contributed by atoms with Gasteiger partial charge in [0, 0.05) is 6.07 Å². The highest BCUT2D eigenvalue weighted by atomic mass is 16.5. The molecular formula is C14H10N2O3. The van der Waals surface area contributed by atoms with Gasteiger partial charge in [-0.3, -0.25) is 0 Å². The van der Waals surface area contributed by atoms with Crippen molar-refractivity contribution in [1.29, 1.82) is 5.26 Å². The number of nitrogens with zero attached hydrogens (tertiary/aromatic N) is 2. The van der Waals surface area contributed by atoms with Crippen LogP contribution in [0.1, 0.15) is 21.6 Å². The van der Waals surface area contributed by atoms with Gasteiger partial charge in [0.15, 0.2) is 0 Å². The Hall–Kier alpha value is -2.87. The molecule has 0 radical (unpaired) electrons. The molecule has 0 aliphatic carbocycles. The number of nitriles is 1. The minimum absolute atomic E-state index is 0.0507. The van der Waals surface area contributed by atoms with Gasteiger partial charge in [0.1, 0.15) is 23.1 Å². The lowest BCUT2D eigenvalue weighted by molar-refractivity contribution is 0.0694.